The highest BCUT2D eigenvalue weighted by molar-refractivity contribution is 5.85. The molecule has 0 radical (unpaired) electrons. The van der Waals surface area contributed by atoms with Crippen LogP contribution >= 0.6 is 0 Å². The predicted molar refractivity (Wildman–Crippen MR) is 58.8 cm³/mol. The van der Waals surface area contributed by atoms with Crippen LogP contribution in [0.15, 0.2) is 24.3 Å². The molecular weight excluding hydrogens is 268 g/mol. The van der Waals surface area contributed by atoms with E-state index < -0.39 is 31.2 Å². The first-order valence-electron chi connectivity index (χ1n) is 5.12. The van der Waals surface area contributed by atoms with Crippen LogP contribution in [-0.2, 0) is 16.1 Å². The lowest BCUT2D eigenvalue weighted by atomic mass is 10.1. The fourth-order valence-electron chi connectivity index (χ4n) is 1.23. The van der Waals surface area contributed by atoms with E-state index in [1.807, 2.05) is 0 Å². The number of carboxylic acid groups (broad SMARTS) is 1. The van der Waals surface area contributed by atoms with Gasteiger partial charge >= 0.3 is 12.1 Å². The van der Waals surface area contributed by atoms with E-state index in [-0.39, 0.29) is 5.56 Å². The molecule has 3 nitrogen and oxygen atoms in total. The third-order valence-electron chi connectivity index (χ3n) is 2.02. The Bertz CT molecular complexity index is 480. The normalized spacial score (nSPS) is 12.0. The Balaban J connectivity index is 2.65. The van der Waals surface area contributed by atoms with Gasteiger partial charge in [0.25, 0.3) is 0 Å². The molecule has 0 aliphatic carbocycles. The molecule has 0 heterocycles. The average Bonchev–Trinajstić information content (AvgIpc) is 2.27. The van der Waals surface area contributed by atoms with E-state index >= 15 is 0 Å². The van der Waals surface area contributed by atoms with Crippen LogP contribution in [0.2, 0.25) is 0 Å². The highest BCUT2D eigenvalue weighted by Gasteiger charge is 2.27. The second-order valence-corrected chi connectivity index (χ2v) is 3.63. The first kappa shape index (κ1) is 15.2. The molecule has 0 aliphatic heterocycles. The van der Waals surface area contributed by atoms with Gasteiger partial charge in [-0.25, -0.2) is 9.18 Å². The Kier molecular flexibility index (Phi) is 5.05. The van der Waals surface area contributed by atoms with Crippen molar-refractivity contribution in [3.05, 3.63) is 41.2 Å². The average molecular weight is 278 g/mol. The summed E-state index contributed by atoms with van der Waals surface area (Å²) >= 11 is 0. The number of rotatable bonds is 5. The molecule has 1 N–H and O–H groups in total. The summed E-state index contributed by atoms with van der Waals surface area (Å²) in [7, 11) is 0. The van der Waals surface area contributed by atoms with Crippen molar-refractivity contribution in [2.75, 3.05) is 6.61 Å². The van der Waals surface area contributed by atoms with Gasteiger partial charge < -0.3 is 9.84 Å². The Morgan fingerprint density at radius 2 is 2.05 bits per heavy atom. The lowest BCUT2D eigenvalue weighted by molar-refractivity contribution is -0.176. The van der Waals surface area contributed by atoms with Crippen LogP contribution in [0.3, 0.4) is 0 Å². The van der Waals surface area contributed by atoms with Crippen LogP contribution in [0.4, 0.5) is 17.6 Å². The molecule has 104 valence electrons. The molecule has 7 heteroatoms. The van der Waals surface area contributed by atoms with Crippen LogP contribution in [0.5, 0.6) is 0 Å². The van der Waals surface area contributed by atoms with E-state index in [2.05, 4.69) is 4.74 Å². The van der Waals surface area contributed by atoms with E-state index in [4.69, 9.17) is 5.11 Å². The summed E-state index contributed by atoms with van der Waals surface area (Å²) < 4.78 is 53.2. The van der Waals surface area contributed by atoms with E-state index in [0.29, 0.717) is 5.56 Å². The second kappa shape index (κ2) is 6.33. The van der Waals surface area contributed by atoms with Crippen molar-refractivity contribution in [2.45, 2.75) is 12.8 Å². The van der Waals surface area contributed by atoms with Gasteiger partial charge in [0.15, 0.2) is 0 Å². The summed E-state index contributed by atoms with van der Waals surface area (Å²) in [6.07, 6.45) is -2.46. The zero-order chi connectivity index (χ0) is 14.5. The van der Waals surface area contributed by atoms with E-state index in [1.165, 1.54) is 18.2 Å². The van der Waals surface area contributed by atoms with Gasteiger partial charge in [0.05, 0.1) is 6.61 Å². The van der Waals surface area contributed by atoms with Crippen LogP contribution in [0.25, 0.3) is 6.08 Å². The lowest BCUT2D eigenvalue weighted by Crippen LogP contribution is -2.16. The Hall–Kier alpha value is -1.89. The minimum atomic E-state index is -4.46. The molecule has 0 atom stereocenters. The van der Waals surface area contributed by atoms with Gasteiger partial charge in [-0.3, -0.25) is 0 Å². The van der Waals surface area contributed by atoms with Crippen LogP contribution in [-0.4, -0.2) is 23.9 Å². The first-order valence-corrected chi connectivity index (χ1v) is 5.12. The zero-order valence-corrected chi connectivity index (χ0v) is 9.58. The number of hydrogen-bond acceptors (Lipinski definition) is 2. The van der Waals surface area contributed by atoms with Gasteiger partial charge in [-0.2, -0.15) is 13.2 Å². The van der Waals surface area contributed by atoms with Gasteiger partial charge in [0, 0.05) is 11.6 Å². The third-order valence-corrected chi connectivity index (χ3v) is 2.02. The van der Waals surface area contributed by atoms with Crippen molar-refractivity contribution < 1.29 is 32.2 Å². The molecule has 0 amide bonds. The summed E-state index contributed by atoms with van der Waals surface area (Å²) in [6, 6.07) is 3.65. The third kappa shape index (κ3) is 6.01. The van der Waals surface area contributed by atoms with Crippen molar-refractivity contribution in [1.29, 1.82) is 0 Å². The minimum Gasteiger partial charge on any atom is -0.478 e. The first-order chi connectivity index (χ1) is 8.78. The molecule has 0 fully saturated rings. The van der Waals surface area contributed by atoms with Crippen LogP contribution < -0.4 is 0 Å². The second-order valence-electron chi connectivity index (χ2n) is 3.63. The van der Waals surface area contributed by atoms with E-state index in [0.717, 1.165) is 12.1 Å². The van der Waals surface area contributed by atoms with E-state index in [1.54, 1.807) is 0 Å². The Morgan fingerprint density at radius 1 is 1.37 bits per heavy atom. The van der Waals surface area contributed by atoms with Gasteiger partial charge in [-0.05, 0) is 17.7 Å². The van der Waals surface area contributed by atoms with Gasteiger partial charge in [-0.1, -0.05) is 12.1 Å². The van der Waals surface area contributed by atoms with Crippen molar-refractivity contribution in [1.82, 2.24) is 0 Å². The molecule has 1 rings (SSSR count). The largest absolute Gasteiger partial charge is 0.478 e. The molecule has 0 bridgehead atoms. The van der Waals surface area contributed by atoms with Gasteiger partial charge in [0.2, 0.25) is 0 Å². The molecule has 0 unspecified atom stereocenters. The molecule has 0 saturated heterocycles. The summed E-state index contributed by atoms with van der Waals surface area (Å²) in [5, 5.41) is 8.38. The fourth-order valence-corrected chi connectivity index (χ4v) is 1.23. The maximum Gasteiger partial charge on any atom is 0.411 e. The molecule has 1 aromatic carbocycles. The maximum absolute atomic E-state index is 13.5. The number of aliphatic carboxylic acids is 1. The topological polar surface area (TPSA) is 46.5 Å². The number of hydrogen-bond donors (Lipinski definition) is 1. The molecule has 0 aromatic heterocycles. The maximum atomic E-state index is 13.5. The van der Waals surface area contributed by atoms with Crippen molar-refractivity contribution in [3.63, 3.8) is 0 Å². The number of ether oxygens (including phenoxy) is 1. The molecule has 19 heavy (non-hydrogen) atoms. The molecule has 0 aliphatic rings. The summed E-state index contributed by atoms with van der Waals surface area (Å²) in [5.74, 6) is -1.94. The number of benzene rings is 1. The Morgan fingerprint density at radius 3 is 2.58 bits per heavy atom. The lowest BCUT2D eigenvalue weighted by Gasteiger charge is -2.08. The highest BCUT2D eigenvalue weighted by Crippen LogP contribution is 2.17. The van der Waals surface area contributed by atoms with Crippen molar-refractivity contribution in [3.8, 4) is 0 Å². The van der Waals surface area contributed by atoms with Crippen molar-refractivity contribution >= 4 is 12.0 Å². The summed E-state index contributed by atoms with van der Waals surface area (Å²) in [5.41, 5.74) is 0.260. The summed E-state index contributed by atoms with van der Waals surface area (Å²) in [4.78, 5) is 10.3. The van der Waals surface area contributed by atoms with E-state index in [9.17, 15) is 22.4 Å². The SMILES string of the molecule is O=C(O)/C=C/c1ccc(COCC(F)(F)F)c(F)c1. The van der Waals surface area contributed by atoms with Crippen molar-refractivity contribution in [2.24, 2.45) is 0 Å². The number of alkyl halides is 3. The smallest absolute Gasteiger partial charge is 0.411 e. The number of halogens is 4. The minimum absolute atomic E-state index is 0.0308. The highest BCUT2D eigenvalue weighted by atomic mass is 19.4. The van der Waals surface area contributed by atoms with Gasteiger partial charge in [-0.15, -0.1) is 0 Å². The molecule has 0 spiro atoms. The molecular formula is C12H10F4O3. The Labute approximate surface area is 106 Å². The standard InChI is InChI=1S/C12H10F4O3/c13-10-5-8(2-4-11(17)18)1-3-9(10)6-19-7-12(14,15)16/h1-5H,6-7H2,(H,17,18)/b4-2+. The quantitative estimate of drug-likeness (QED) is 0.665. The number of carbonyl (C=O) groups is 1. The monoisotopic (exact) mass is 278 g/mol. The molecule has 0 saturated carbocycles. The fraction of sp³-hybridized carbons (Fsp3) is 0.250. The predicted octanol–water partition coefficient (Wildman–Crippen LogP) is 3.00. The molecule has 1 aromatic rings. The summed E-state index contributed by atoms with van der Waals surface area (Å²) in [6.45, 7) is -1.96. The number of carboxylic acids is 1. The zero-order valence-electron chi connectivity index (χ0n) is 9.58. The van der Waals surface area contributed by atoms with Gasteiger partial charge in [0.1, 0.15) is 12.4 Å². The van der Waals surface area contributed by atoms with Crippen LogP contribution in [0, 0.1) is 5.82 Å². The van der Waals surface area contributed by atoms with Crippen LogP contribution in [0.1, 0.15) is 11.1 Å².